The Balaban J connectivity index is 2.78. The minimum Gasteiger partial charge on any atom is -0.326 e. The summed E-state index contributed by atoms with van der Waals surface area (Å²) in [5.74, 6) is 0. The van der Waals surface area contributed by atoms with Gasteiger partial charge in [0.05, 0.1) is 14.8 Å². The van der Waals surface area contributed by atoms with Crippen LogP contribution in [0.3, 0.4) is 0 Å². The Labute approximate surface area is 87.1 Å². The van der Waals surface area contributed by atoms with Crippen molar-refractivity contribution in [1.29, 1.82) is 0 Å². The highest BCUT2D eigenvalue weighted by molar-refractivity contribution is 7.96. The van der Waals surface area contributed by atoms with Gasteiger partial charge in [-0.25, -0.2) is 8.42 Å². The lowest BCUT2D eigenvalue weighted by molar-refractivity contribution is 0.602. The van der Waals surface area contributed by atoms with Crippen molar-refractivity contribution in [3.8, 4) is 0 Å². The van der Waals surface area contributed by atoms with Crippen LogP contribution in [0.2, 0.25) is 5.02 Å². The van der Waals surface area contributed by atoms with Crippen molar-refractivity contribution in [1.82, 2.24) is 0 Å². The minimum absolute atomic E-state index is 0.00728. The van der Waals surface area contributed by atoms with Crippen molar-refractivity contribution in [2.75, 3.05) is 6.54 Å². The van der Waals surface area contributed by atoms with Gasteiger partial charge >= 0.3 is 0 Å². The van der Waals surface area contributed by atoms with Crippen LogP contribution in [0.4, 0.5) is 0 Å². The Morgan fingerprint density at radius 2 is 2.07 bits per heavy atom. The zero-order chi connectivity index (χ0) is 10.3. The van der Waals surface area contributed by atoms with E-state index in [0.29, 0.717) is 5.56 Å². The zero-order valence-electron chi connectivity index (χ0n) is 7.20. The Bertz CT molecular complexity index is 520. The number of rotatable bonds is 1. The molecule has 0 atom stereocenters. The molecule has 0 saturated carbocycles. The van der Waals surface area contributed by atoms with Crippen LogP contribution in [0.5, 0.6) is 0 Å². The Hall–Kier alpha value is -0.840. The third-order valence-corrected chi connectivity index (χ3v) is 4.52. The number of sulfone groups is 1. The molecule has 0 spiro atoms. The molecule has 0 unspecified atom stereocenters. The highest BCUT2D eigenvalue weighted by atomic mass is 35.5. The number of benzene rings is 1. The van der Waals surface area contributed by atoms with Crippen LogP contribution in [0.1, 0.15) is 5.56 Å². The fourth-order valence-corrected chi connectivity index (χ4v) is 3.49. The SMILES string of the molecule is NCC1=Cc2cccc(Cl)c2S1(=O)=O. The van der Waals surface area contributed by atoms with Gasteiger partial charge in [-0.1, -0.05) is 23.7 Å². The summed E-state index contributed by atoms with van der Waals surface area (Å²) in [6.45, 7) is 0.00728. The van der Waals surface area contributed by atoms with E-state index in [0.717, 1.165) is 0 Å². The topological polar surface area (TPSA) is 60.2 Å². The third-order valence-electron chi connectivity index (χ3n) is 2.13. The molecule has 1 heterocycles. The van der Waals surface area contributed by atoms with Crippen LogP contribution in [0.15, 0.2) is 28.0 Å². The summed E-state index contributed by atoms with van der Waals surface area (Å²) in [7, 11) is -3.42. The maximum atomic E-state index is 11.8. The maximum Gasteiger partial charge on any atom is 0.206 e. The largest absolute Gasteiger partial charge is 0.326 e. The van der Waals surface area contributed by atoms with E-state index >= 15 is 0 Å². The predicted octanol–water partition coefficient (Wildman–Crippen LogP) is 1.43. The number of hydrogen-bond acceptors (Lipinski definition) is 3. The summed E-state index contributed by atoms with van der Waals surface area (Å²) in [5.41, 5.74) is 5.97. The second kappa shape index (κ2) is 3.08. The number of hydrogen-bond donors (Lipinski definition) is 1. The smallest absolute Gasteiger partial charge is 0.206 e. The highest BCUT2D eigenvalue weighted by Crippen LogP contribution is 2.36. The maximum absolute atomic E-state index is 11.8. The number of fused-ring (bicyclic) bond motifs is 1. The Morgan fingerprint density at radius 3 is 2.64 bits per heavy atom. The number of halogens is 1. The molecular weight excluding hydrogens is 222 g/mol. The third kappa shape index (κ3) is 1.19. The van der Waals surface area contributed by atoms with Crippen molar-refractivity contribution < 1.29 is 8.42 Å². The fraction of sp³-hybridized carbons (Fsp3) is 0.111. The first-order valence-corrected chi connectivity index (χ1v) is 5.87. The second-order valence-electron chi connectivity index (χ2n) is 2.98. The van der Waals surface area contributed by atoms with Gasteiger partial charge in [0.15, 0.2) is 0 Å². The van der Waals surface area contributed by atoms with E-state index in [2.05, 4.69) is 0 Å². The van der Waals surface area contributed by atoms with Crippen LogP contribution in [0, 0.1) is 0 Å². The quantitative estimate of drug-likeness (QED) is 0.793. The molecule has 3 nitrogen and oxygen atoms in total. The summed E-state index contributed by atoms with van der Waals surface area (Å²) in [6, 6.07) is 4.99. The normalized spacial score (nSPS) is 17.7. The molecule has 0 saturated heterocycles. The van der Waals surface area contributed by atoms with E-state index in [4.69, 9.17) is 17.3 Å². The lowest BCUT2D eigenvalue weighted by atomic mass is 10.2. The van der Waals surface area contributed by atoms with E-state index in [1.807, 2.05) is 0 Å². The van der Waals surface area contributed by atoms with Crippen LogP contribution in [-0.2, 0) is 9.84 Å². The summed E-state index contributed by atoms with van der Waals surface area (Å²) in [5, 5.41) is 0.252. The first-order valence-electron chi connectivity index (χ1n) is 4.01. The molecule has 2 N–H and O–H groups in total. The molecule has 0 bridgehead atoms. The van der Waals surface area contributed by atoms with Crippen molar-refractivity contribution in [3.63, 3.8) is 0 Å². The molecule has 0 aliphatic carbocycles. The summed E-state index contributed by atoms with van der Waals surface area (Å²) < 4.78 is 23.6. The molecule has 1 aliphatic heterocycles. The molecule has 74 valence electrons. The van der Waals surface area contributed by atoms with Crippen molar-refractivity contribution in [2.24, 2.45) is 5.73 Å². The molecule has 0 amide bonds. The molecule has 1 aliphatic rings. The summed E-state index contributed by atoms with van der Waals surface area (Å²) >= 11 is 5.82. The van der Waals surface area contributed by atoms with Gasteiger partial charge in [0.25, 0.3) is 0 Å². The number of nitrogens with two attached hydrogens (primary N) is 1. The zero-order valence-corrected chi connectivity index (χ0v) is 8.77. The van der Waals surface area contributed by atoms with E-state index in [-0.39, 0.29) is 21.4 Å². The van der Waals surface area contributed by atoms with Crippen molar-refractivity contribution in [2.45, 2.75) is 4.90 Å². The molecule has 0 radical (unpaired) electrons. The van der Waals surface area contributed by atoms with E-state index < -0.39 is 9.84 Å². The van der Waals surface area contributed by atoms with Crippen LogP contribution >= 0.6 is 11.6 Å². The molecule has 14 heavy (non-hydrogen) atoms. The molecule has 0 aromatic heterocycles. The predicted molar refractivity (Wildman–Crippen MR) is 55.7 cm³/mol. The summed E-state index contributed by atoms with van der Waals surface area (Å²) in [4.78, 5) is 0.405. The van der Waals surface area contributed by atoms with Crippen LogP contribution in [0.25, 0.3) is 6.08 Å². The van der Waals surface area contributed by atoms with E-state index in [9.17, 15) is 8.42 Å². The monoisotopic (exact) mass is 229 g/mol. The summed E-state index contributed by atoms with van der Waals surface area (Å²) in [6.07, 6.45) is 1.57. The molecule has 2 rings (SSSR count). The van der Waals surface area contributed by atoms with Crippen LogP contribution in [-0.4, -0.2) is 15.0 Å². The lowest BCUT2D eigenvalue weighted by Gasteiger charge is -2.02. The van der Waals surface area contributed by atoms with Gasteiger partial charge in [0, 0.05) is 6.54 Å². The average molecular weight is 230 g/mol. The first kappa shape index (κ1) is 9.71. The van der Waals surface area contributed by atoms with Gasteiger partial charge in [0.1, 0.15) is 0 Å². The minimum atomic E-state index is -3.42. The fourth-order valence-electron chi connectivity index (χ4n) is 1.47. The van der Waals surface area contributed by atoms with E-state index in [1.54, 1.807) is 24.3 Å². The van der Waals surface area contributed by atoms with Gasteiger partial charge in [-0.15, -0.1) is 0 Å². The van der Waals surface area contributed by atoms with E-state index in [1.165, 1.54) is 0 Å². The Morgan fingerprint density at radius 1 is 1.36 bits per heavy atom. The van der Waals surface area contributed by atoms with Gasteiger partial charge in [-0.3, -0.25) is 0 Å². The van der Waals surface area contributed by atoms with Gasteiger partial charge in [-0.05, 0) is 17.7 Å². The standard InChI is InChI=1S/C9H8ClNO2S/c10-8-3-1-2-6-4-7(5-11)14(12,13)9(6)8/h1-4H,5,11H2. The van der Waals surface area contributed by atoms with Crippen molar-refractivity contribution >= 4 is 27.5 Å². The van der Waals surface area contributed by atoms with Crippen molar-refractivity contribution in [3.05, 3.63) is 33.7 Å². The highest BCUT2D eigenvalue weighted by Gasteiger charge is 2.30. The Kier molecular flexibility index (Phi) is 2.14. The van der Waals surface area contributed by atoms with Crippen LogP contribution < -0.4 is 5.73 Å². The van der Waals surface area contributed by atoms with Gasteiger partial charge in [0.2, 0.25) is 9.84 Å². The molecule has 5 heteroatoms. The second-order valence-corrected chi connectivity index (χ2v) is 5.32. The molecule has 1 aromatic rings. The average Bonchev–Trinajstić information content (AvgIpc) is 2.38. The molecular formula is C9H8ClNO2S. The van der Waals surface area contributed by atoms with Gasteiger partial charge in [-0.2, -0.15) is 0 Å². The lowest BCUT2D eigenvalue weighted by Crippen LogP contribution is -2.10. The molecule has 0 fully saturated rings. The first-order chi connectivity index (χ1) is 6.57. The molecule has 1 aromatic carbocycles. The van der Waals surface area contributed by atoms with Gasteiger partial charge < -0.3 is 5.73 Å².